The van der Waals surface area contributed by atoms with E-state index in [1.54, 1.807) is 18.2 Å². The van der Waals surface area contributed by atoms with Gasteiger partial charge in [0.15, 0.2) is 12.6 Å². The third-order valence-electron chi connectivity index (χ3n) is 2.36. The van der Waals surface area contributed by atoms with Crippen LogP contribution in [0.15, 0.2) is 18.2 Å². The van der Waals surface area contributed by atoms with E-state index in [1.165, 1.54) is 12.8 Å². The molecule has 2 rings (SSSR count). The molecule has 3 nitrogen and oxygen atoms in total. The molecule has 0 aromatic heterocycles. The Hall–Kier alpha value is -1.48. The van der Waals surface area contributed by atoms with Crippen molar-refractivity contribution in [2.24, 2.45) is 5.92 Å². The summed E-state index contributed by atoms with van der Waals surface area (Å²) in [6, 6.07) is 5.14. The number of rotatable bonds is 2. The van der Waals surface area contributed by atoms with Gasteiger partial charge in [-0.1, -0.05) is 37.5 Å². The van der Waals surface area contributed by atoms with E-state index in [0.29, 0.717) is 23.7 Å². The average molecular weight is 249 g/mol. The van der Waals surface area contributed by atoms with Gasteiger partial charge < -0.3 is 5.32 Å². The van der Waals surface area contributed by atoms with Gasteiger partial charge in [0, 0.05) is 11.1 Å². The van der Waals surface area contributed by atoms with Crippen molar-refractivity contribution in [2.75, 3.05) is 14.1 Å². The van der Waals surface area contributed by atoms with Gasteiger partial charge in [0.2, 0.25) is 0 Å². The summed E-state index contributed by atoms with van der Waals surface area (Å²) in [5.41, 5.74) is 1.89. The first kappa shape index (κ1) is 16.5. The van der Waals surface area contributed by atoms with Crippen molar-refractivity contribution in [1.29, 1.82) is 0 Å². The maximum atomic E-state index is 10.4. The minimum atomic E-state index is 0.450. The molecule has 100 valence electrons. The van der Waals surface area contributed by atoms with E-state index in [-0.39, 0.29) is 0 Å². The number of benzene rings is 1. The molecule has 0 unspecified atom stereocenters. The Bertz CT molecular complexity index is 371. The molecule has 18 heavy (non-hydrogen) atoms. The first-order chi connectivity index (χ1) is 8.58. The zero-order valence-electron chi connectivity index (χ0n) is 11.7. The molecule has 0 saturated heterocycles. The maximum absolute atomic E-state index is 10.4. The first-order valence-electron chi connectivity index (χ1n) is 6.18. The van der Waals surface area contributed by atoms with Crippen LogP contribution >= 0.6 is 0 Å². The van der Waals surface area contributed by atoms with E-state index in [1.807, 2.05) is 21.0 Å². The van der Waals surface area contributed by atoms with E-state index in [2.05, 4.69) is 12.2 Å². The molecular weight excluding hydrogens is 226 g/mol. The molecule has 0 atom stereocenters. The highest BCUT2D eigenvalue weighted by atomic mass is 16.1. The lowest BCUT2D eigenvalue weighted by Crippen LogP contribution is -1.90. The van der Waals surface area contributed by atoms with E-state index in [9.17, 15) is 9.59 Å². The Morgan fingerprint density at radius 1 is 1.11 bits per heavy atom. The van der Waals surface area contributed by atoms with Crippen molar-refractivity contribution in [1.82, 2.24) is 5.32 Å². The predicted octanol–water partition coefficient (Wildman–Crippen LogP) is 2.87. The highest BCUT2D eigenvalue weighted by molar-refractivity contribution is 5.90. The number of aryl methyl sites for hydroxylation is 1. The van der Waals surface area contributed by atoms with Gasteiger partial charge in [0.05, 0.1) is 0 Å². The van der Waals surface area contributed by atoms with Crippen LogP contribution in [-0.4, -0.2) is 26.7 Å². The van der Waals surface area contributed by atoms with E-state index >= 15 is 0 Å². The highest BCUT2D eigenvalue weighted by Crippen LogP contribution is 2.26. The van der Waals surface area contributed by atoms with Crippen molar-refractivity contribution in [3.63, 3.8) is 0 Å². The fourth-order valence-electron chi connectivity index (χ4n) is 1.07. The van der Waals surface area contributed by atoms with Crippen LogP contribution in [0.2, 0.25) is 0 Å². The molecule has 1 saturated carbocycles. The second kappa shape index (κ2) is 9.54. The molecular formula is C15H23NO2. The Balaban J connectivity index is 0.000000338. The van der Waals surface area contributed by atoms with Gasteiger partial charge in [0.1, 0.15) is 0 Å². The first-order valence-corrected chi connectivity index (χ1v) is 6.18. The third-order valence-corrected chi connectivity index (χ3v) is 2.36. The Kier molecular flexibility index (Phi) is 8.76. The number of hydrogen-bond acceptors (Lipinski definition) is 3. The molecule has 0 amide bonds. The van der Waals surface area contributed by atoms with Gasteiger partial charge in [-0.05, 0) is 33.0 Å². The Labute approximate surface area is 110 Å². The second-order valence-electron chi connectivity index (χ2n) is 4.55. The average Bonchev–Trinajstić information content (AvgIpc) is 3.13. The lowest BCUT2D eigenvalue weighted by molar-refractivity contribution is 0.109. The predicted molar refractivity (Wildman–Crippen MR) is 75.3 cm³/mol. The van der Waals surface area contributed by atoms with E-state index in [4.69, 9.17) is 0 Å². The summed E-state index contributed by atoms with van der Waals surface area (Å²) in [5.74, 6) is 1.08. The number of nitrogens with one attached hydrogen (secondary N) is 1. The van der Waals surface area contributed by atoms with Gasteiger partial charge in [-0.3, -0.25) is 9.59 Å². The molecule has 1 aliphatic rings. The van der Waals surface area contributed by atoms with Crippen LogP contribution < -0.4 is 5.32 Å². The molecule has 1 aromatic carbocycles. The molecule has 1 fully saturated rings. The molecule has 1 aromatic rings. The van der Waals surface area contributed by atoms with E-state index < -0.39 is 0 Å². The molecule has 0 spiro atoms. The fourth-order valence-corrected chi connectivity index (χ4v) is 1.07. The van der Waals surface area contributed by atoms with Crippen molar-refractivity contribution in [2.45, 2.75) is 26.7 Å². The van der Waals surface area contributed by atoms with Gasteiger partial charge in [-0.15, -0.1) is 0 Å². The number of aldehydes is 2. The van der Waals surface area contributed by atoms with Crippen LogP contribution in [0.3, 0.4) is 0 Å². The van der Waals surface area contributed by atoms with Crippen LogP contribution in [0, 0.1) is 12.8 Å². The maximum Gasteiger partial charge on any atom is 0.150 e. The van der Waals surface area contributed by atoms with Gasteiger partial charge in [-0.2, -0.15) is 0 Å². The summed E-state index contributed by atoms with van der Waals surface area (Å²) in [4.78, 5) is 20.7. The summed E-state index contributed by atoms with van der Waals surface area (Å²) in [6.45, 7) is 4.15. The zero-order valence-corrected chi connectivity index (χ0v) is 11.7. The number of hydrogen-bond donors (Lipinski definition) is 1. The van der Waals surface area contributed by atoms with Crippen LogP contribution in [-0.2, 0) is 0 Å². The monoisotopic (exact) mass is 249 g/mol. The number of carbonyl (C=O) groups excluding carboxylic acids is 2. The quantitative estimate of drug-likeness (QED) is 0.820. The van der Waals surface area contributed by atoms with Crippen molar-refractivity contribution in [3.05, 3.63) is 34.9 Å². The lowest BCUT2D eigenvalue weighted by Gasteiger charge is -1.96. The Morgan fingerprint density at radius 3 is 1.89 bits per heavy atom. The van der Waals surface area contributed by atoms with Crippen LogP contribution in [0.1, 0.15) is 46.0 Å². The summed E-state index contributed by atoms with van der Waals surface area (Å²) in [6.07, 6.45) is 4.35. The standard InChI is InChI=1S/C9H8O2.C4H8.C2H7N/c1-7-2-3-8(5-10)9(4-7)6-11;1-4-2-3-4;1-3-2/h2-6H,1H3;4H,2-3H2,1H3;3H,1-2H3. The van der Waals surface area contributed by atoms with Crippen LogP contribution in [0.5, 0.6) is 0 Å². The van der Waals surface area contributed by atoms with Crippen molar-refractivity contribution < 1.29 is 9.59 Å². The molecule has 0 heterocycles. The summed E-state index contributed by atoms with van der Waals surface area (Å²) >= 11 is 0. The molecule has 0 radical (unpaired) electrons. The normalized spacial score (nSPS) is 12.4. The molecule has 0 bridgehead atoms. The van der Waals surface area contributed by atoms with Gasteiger partial charge >= 0.3 is 0 Å². The minimum absolute atomic E-state index is 0.450. The summed E-state index contributed by atoms with van der Waals surface area (Å²) in [7, 11) is 3.75. The molecule has 1 aliphatic carbocycles. The number of carbonyl (C=O) groups is 2. The molecule has 1 N–H and O–H groups in total. The smallest absolute Gasteiger partial charge is 0.150 e. The van der Waals surface area contributed by atoms with Crippen molar-refractivity contribution >= 4 is 12.6 Å². The van der Waals surface area contributed by atoms with Gasteiger partial charge in [-0.25, -0.2) is 0 Å². The minimum Gasteiger partial charge on any atom is -0.323 e. The largest absolute Gasteiger partial charge is 0.323 e. The van der Waals surface area contributed by atoms with E-state index in [0.717, 1.165) is 11.5 Å². The summed E-state index contributed by atoms with van der Waals surface area (Å²) < 4.78 is 0. The summed E-state index contributed by atoms with van der Waals surface area (Å²) in [5, 5.41) is 2.75. The third kappa shape index (κ3) is 7.74. The topological polar surface area (TPSA) is 46.2 Å². The fraction of sp³-hybridized carbons (Fsp3) is 0.467. The van der Waals surface area contributed by atoms with Crippen LogP contribution in [0.25, 0.3) is 0 Å². The van der Waals surface area contributed by atoms with Crippen molar-refractivity contribution in [3.8, 4) is 0 Å². The second-order valence-corrected chi connectivity index (χ2v) is 4.55. The Morgan fingerprint density at radius 2 is 1.56 bits per heavy atom. The molecule has 0 aliphatic heterocycles. The SMILES string of the molecule is CC1CC1.CNC.Cc1ccc(C=O)c(C=O)c1. The highest BCUT2D eigenvalue weighted by Gasteiger charge is 2.12. The lowest BCUT2D eigenvalue weighted by atomic mass is 10.1. The van der Waals surface area contributed by atoms with Crippen LogP contribution in [0.4, 0.5) is 0 Å². The zero-order chi connectivity index (χ0) is 14.0. The van der Waals surface area contributed by atoms with Gasteiger partial charge in [0.25, 0.3) is 0 Å². The molecule has 3 heteroatoms.